The van der Waals surface area contributed by atoms with Crippen LogP contribution in [0.3, 0.4) is 0 Å². The third-order valence-corrected chi connectivity index (χ3v) is 4.18. The number of hydrogen-bond donors (Lipinski definition) is 1. The Morgan fingerprint density at radius 1 is 1.28 bits per heavy atom. The summed E-state index contributed by atoms with van der Waals surface area (Å²) in [6, 6.07) is 10.4. The van der Waals surface area contributed by atoms with Crippen LogP contribution >= 0.6 is 11.3 Å². The van der Waals surface area contributed by atoms with Crippen molar-refractivity contribution in [2.75, 3.05) is 12.4 Å². The number of nitrogens with zero attached hydrogens (tertiary/aromatic N) is 2. The first-order chi connectivity index (χ1) is 12.1. The molecular weight excluding hydrogens is 338 g/mol. The van der Waals surface area contributed by atoms with Crippen LogP contribution in [0.1, 0.15) is 21.1 Å². The number of carbonyl (C=O) groups excluding carboxylic acids is 1. The Labute approximate surface area is 149 Å². The number of pyridine rings is 1. The molecule has 25 heavy (non-hydrogen) atoms. The molecule has 128 valence electrons. The number of rotatable bonds is 6. The maximum Gasteiger partial charge on any atom is 0.255 e. The van der Waals surface area contributed by atoms with Crippen molar-refractivity contribution in [1.82, 2.24) is 9.97 Å². The van der Waals surface area contributed by atoms with Gasteiger partial charge in [-0.15, -0.1) is 11.3 Å². The number of aryl methyl sites for hydroxylation is 1. The van der Waals surface area contributed by atoms with Crippen molar-refractivity contribution < 1.29 is 14.3 Å². The number of ether oxygens (including phenoxy) is 2. The maximum atomic E-state index is 12.4. The molecule has 0 saturated heterocycles. The molecule has 1 aromatic carbocycles. The molecule has 0 radical (unpaired) electrons. The number of anilines is 1. The smallest absolute Gasteiger partial charge is 0.255 e. The van der Waals surface area contributed by atoms with Crippen LogP contribution in [0.4, 0.5) is 5.69 Å². The normalized spacial score (nSPS) is 10.3. The SMILES string of the molecule is COc1ccc(NC(=O)c2cccc(OCc3csc(C)n3)c2)cn1. The molecular formula is C18H17N3O3S. The van der Waals surface area contributed by atoms with Gasteiger partial charge >= 0.3 is 0 Å². The van der Waals surface area contributed by atoms with E-state index in [1.54, 1.807) is 55.0 Å². The highest BCUT2D eigenvalue weighted by molar-refractivity contribution is 7.09. The number of benzene rings is 1. The maximum absolute atomic E-state index is 12.4. The number of amides is 1. The summed E-state index contributed by atoms with van der Waals surface area (Å²) in [7, 11) is 1.54. The van der Waals surface area contributed by atoms with Crippen LogP contribution in [0.2, 0.25) is 0 Å². The van der Waals surface area contributed by atoms with E-state index >= 15 is 0 Å². The summed E-state index contributed by atoms with van der Waals surface area (Å²) in [6.07, 6.45) is 1.54. The van der Waals surface area contributed by atoms with Gasteiger partial charge in [-0.3, -0.25) is 4.79 Å². The van der Waals surface area contributed by atoms with Crippen LogP contribution in [0.5, 0.6) is 11.6 Å². The predicted octanol–water partition coefficient (Wildman–Crippen LogP) is 3.69. The summed E-state index contributed by atoms with van der Waals surface area (Å²) in [4.78, 5) is 20.8. The van der Waals surface area contributed by atoms with Crippen LogP contribution < -0.4 is 14.8 Å². The summed E-state index contributed by atoms with van der Waals surface area (Å²) in [6.45, 7) is 2.32. The number of thiazole rings is 1. The average Bonchev–Trinajstić information content (AvgIpc) is 3.06. The van der Waals surface area contributed by atoms with Gasteiger partial charge in [0.15, 0.2) is 0 Å². The summed E-state index contributed by atoms with van der Waals surface area (Å²) < 4.78 is 10.7. The summed E-state index contributed by atoms with van der Waals surface area (Å²) in [5.74, 6) is 0.874. The highest BCUT2D eigenvalue weighted by atomic mass is 32.1. The second-order valence-electron chi connectivity index (χ2n) is 5.22. The van der Waals surface area contributed by atoms with Gasteiger partial charge in [0, 0.05) is 17.0 Å². The third-order valence-electron chi connectivity index (χ3n) is 3.35. The van der Waals surface area contributed by atoms with E-state index in [0.29, 0.717) is 29.5 Å². The Morgan fingerprint density at radius 2 is 2.16 bits per heavy atom. The van der Waals surface area contributed by atoms with Crippen molar-refractivity contribution in [2.24, 2.45) is 0 Å². The van der Waals surface area contributed by atoms with Crippen molar-refractivity contribution in [3.63, 3.8) is 0 Å². The monoisotopic (exact) mass is 355 g/mol. The largest absolute Gasteiger partial charge is 0.487 e. The lowest BCUT2D eigenvalue weighted by Crippen LogP contribution is -2.12. The van der Waals surface area contributed by atoms with Gasteiger partial charge in [-0.05, 0) is 31.2 Å². The Bertz CT molecular complexity index is 862. The lowest BCUT2D eigenvalue weighted by Gasteiger charge is -2.08. The zero-order valence-electron chi connectivity index (χ0n) is 13.9. The Kier molecular flexibility index (Phi) is 5.25. The number of carbonyl (C=O) groups is 1. The van der Waals surface area contributed by atoms with Gasteiger partial charge in [-0.1, -0.05) is 6.07 Å². The first-order valence-corrected chi connectivity index (χ1v) is 8.47. The summed E-state index contributed by atoms with van der Waals surface area (Å²) in [5, 5.41) is 5.75. The third kappa shape index (κ3) is 4.54. The highest BCUT2D eigenvalue weighted by Crippen LogP contribution is 2.18. The lowest BCUT2D eigenvalue weighted by molar-refractivity contribution is 0.102. The first-order valence-electron chi connectivity index (χ1n) is 7.59. The summed E-state index contributed by atoms with van der Waals surface area (Å²) >= 11 is 1.58. The number of hydrogen-bond acceptors (Lipinski definition) is 6. The Morgan fingerprint density at radius 3 is 2.84 bits per heavy atom. The zero-order chi connectivity index (χ0) is 17.6. The molecule has 0 fully saturated rings. The fraction of sp³-hybridized carbons (Fsp3) is 0.167. The van der Waals surface area contributed by atoms with Crippen LogP contribution in [-0.2, 0) is 6.61 Å². The molecule has 7 heteroatoms. The molecule has 0 aliphatic rings. The van der Waals surface area contributed by atoms with Gasteiger partial charge in [-0.2, -0.15) is 0 Å². The number of aromatic nitrogens is 2. The summed E-state index contributed by atoms with van der Waals surface area (Å²) in [5.41, 5.74) is 1.97. The van der Waals surface area contributed by atoms with E-state index in [1.807, 2.05) is 18.4 Å². The van der Waals surface area contributed by atoms with E-state index in [4.69, 9.17) is 9.47 Å². The van der Waals surface area contributed by atoms with Crippen LogP contribution in [0, 0.1) is 6.92 Å². The van der Waals surface area contributed by atoms with Crippen LogP contribution in [-0.4, -0.2) is 23.0 Å². The standard InChI is InChI=1S/C18H17N3O3S/c1-12-20-15(11-25-12)10-24-16-5-3-4-13(8-16)18(22)21-14-6-7-17(23-2)19-9-14/h3-9,11H,10H2,1-2H3,(H,21,22). The van der Waals surface area contributed by atoms with Gasteiger partial charge in [0.25, 0.3) is 5.91 Å². The number of methoxy groups -OCH3 is 1. The molecule has 0 atom stereocenters. The topological polar surface area (TPSA) is 73.3 Å². The molecule has 1 amide bonds. The molecule has 0 spiro atoms. The second-order valence-corrected chi connectivity index (χ2v) is 6.28. The van der Waals surface area contributed by atoms with Gasteiger partial charge < -0.3 is 14.8 Å². The molecule has 3 rings (SSSR count). The quantitative estimate of drug-likeness (QED) is 0.730. The van der Waals surface area contributed by atoms with Crippen LogP contribution in [0.25, 0.3) is 0 Å². The average molecular weight is 355 g/mol. The minimum absolute atomic E-state index is 0.234. The van der Waals surface area contributed by atoms with E-state index in [1.165, 1.54) is 0 Å². The lowest BCUT2D eigenvalue weighted by atomic mass is 10.2. The molecule has 0 aliphatic heterocycles. The molecule has 0 bridgehead atoms. The van der Waals surface area contributed by atoms with E-state index in [2.05, 4.69) is 15.3 Å². The van der Waals surface area contributed by atoms with E-state index in [9.17, 15) is 4.79 Å². The zero-order valence-corrected chi connectivity index (χ0v) is 14.7. The fourth-order valence-corrected chi connectivity index (χ4v) is 2.73. The van der Waals surface area contributed by atoms with Crippen molar-refractivity contribution in [2.45, 2.75) is 13.5 Å². The van der Waals surface area contributed by atoms with Crippen molar-refractivity contribution >= 4 is 22.9 Å². The van der Waals surface area contributed by atoms with Crippen molar-refractivity contribution in [1.29, 1.82) is 0 Å². The Balaban J connectivity index is 1.64. The van der Waals surface area contributed by atoms with E-state index in [-0.39, 0.29) is 5.91 Å². The fourth-order valence-electron chi connectivity index (χ4n) is 2.14. The number of nitrogens with one attached hydrogen (secondary N) is 1. The molecule has 1 N–H and O–H groups in total. The van der Waals surface area contributed by atoms with Crippen molar-refractivity contribution in [3.05, 3.63) is 64.2 Å². The molecule has 2 aromatic heterocycles. The first kappa shape index (κ1) is 16.9. The predicted molar refractivity (Wildman–Crippen MR) is 96.4 cm³/mol. The molecule has 6 nitrogen and oxygen atoms in total. The Hall–Kier alpha value is -2.93. The van der Waals surface area contributed by atoms with E-state index < -0.39 is 0 Å². The van der Waals surface area contributed by atoms with Gasteiger partial charge in [0.1, 0.15) is 12.4 Å². The molecule has 0 aliphatic carbocycles. The van der Waals surface area contributed by atoms with Gasteiger partial charge in [-0.25, -0.2) is 9.97 Å². The molecule has 0 unspecified atom stereocenters. The molecule has 0 saturated carbocycles. The highest BCUT2D eigenvalue weighted by Gasteiger charge is 2.08. The minimum atomic E-state index is -0.234. The van der Waals surface area contributed by atoms with Crippen molar-refractivity contribution in [3.8, 4) is 11.6 Å². The minimum Gasteiger partial charge on any atom is -0.487 e. The van der Waals surface area contributed by atoms with E-state index in [0.717, 1.165) is 10.7 Å². The second kappa shape index (κ2) is 7.76. The van der Waals surface area contributed by atoms with Gasteiger partial charge in [0.05, 0.1) is 29.7 Å². The van der Waals surface area contributed by atoms with Gasteiger partial charge in [0.2, 0.25) is 5.88 Å². The molecule has 3 aromatic rings. The van der Waals surface area contributed by atoms with Crippen LogP contribution in [0.15, 0.2) is 48.0 Å². The molecule has 2 heterocycles.